The van der Waals surface area contributed by atoms with Crippen molar-refractivity contribution in [2.75, 3.05) is 13.7 Å². The van der Waals surface area contributed by atoms with E-state index in [9.17, 15) is 14.4 Å². The molecule has 8 heteroatoms. The van der Waals surface area contributed by atoms with Crippen LogP contribution in [0, 0.1) is 23.1 Å². The Balaban J connectivity index is 1.68. The second-order valence-electron chi connectivity index (χ2n) is 8.81. The third-order valence-corrected chi connectivity index (χ3v) is 6.97. The Bertz CT molecular complexity index is 1210. The summed E-state index contributed by atoms with van der Waals surface area (Å²) in [6.07, 6.45) is 2.04. The molecule has 2 aliphatic heterocycles. The van der Waals surface area contributed by atoms with Crippen LogP contribution in [0.25, 0.3) is 11.1 Å². The molecule has 1 spiro atoms. The largest absolute Gasteiger partial charge is 0.490 e. The third kappa shape index (κ3) is 3.26. The molecule has 7 nitrogen and oxygen atoms in total. The van der Waals surface area contributed by atoms with Gasteiger partial charge >= 0.3 is 0 Å². The first-order valence-electron chi connectivity index (χ1n) is 11.1. The van der Waals surface area contributed by atoms with Gasteiger partial charge in [-0.05, 0) is 67.6 Å². The molecule has 2 N–H and O–H groups in total. The molecule has 0 radical (unpaired) electrons. The van der Waals surface area contributed by atoms with Crippen LogP contribution < -0.4 is 10.5 Å². The predicted octanol–water partition coefficient (Wildman–Crippen LogP) is 3.31. The van der Waals surface area contributed by atoms with E-state index in [-0.39, 0.29) is 35.6 Å². The standard InChI is InChI=1S/C25H25FN4O3/c1-3-32-18-5-7-22-20(12-18)25(23(31)30(2)24(28)29-25)19-11-15(4-6-21(19)33-22)16-8-14(13-27)9-17(26)10-16/h4,6,8-11,18,20,22H,3,5,7,12H2,1-2H3,(H2,28,29)/t18?,20-,22?,25?/m0/s1. The highest BCUT2D eigenvalue weighted by Crippen LogP contribution is 2.54. The van der Waals surface area contributed by atoms with Gasteiger partial charge in [-0.1, -0.05) is 6.07 Å². The first-order chi connectivity index (χ1) is 15.9. The van der Waals surface area contributed by atoms with Crippen molar-refractivity contribution in [2.24, 2.45) is 16.6 Å². The maximum atomic E-state index is 14.1. The number of carbonyl (C=O) groups is 1. The number of nitrogens with two attached hydrogens (primary N) is 1. The van der Waals surface area contributed by atoms with Gasteiger partial charge in [0.15, 0.2) is 11.5 Å². The molecular formula is C25H25FN4O3. The van der Waals surface area contributed by atoms with E-state index in [2.05, 4.69) is 0 Å². The number of ether oxygens (including phenoxy) is 2. The number of fused-ring (bicyclic) bond motifs is 4. The fraction of sp³-hybridized carbons (Fsp3) is 0.400. The lowest BCUT2D eigenvalue weighted by Crippen LogP contribution is -2.55. The lowest BCUT2D eigenvalue weighted by molar-refractivity contribution is -0.139. The number of likely N-dealkylation sites (N-methyl/N-ethyl adjacent to an activating group) is 1. The Morgan fingerprint density at radius 2 is 2.12 bits per heavy atom. The second-order valence-corrected chi connectivity index (χ2v) is 8.81. The summed E-state index contributed by atoms with van der Waals surface area (Å²) in [4.78, 5) is 19.9. The van der Waals surface area contributed by atoms with E-state index < -0.39 is 11.4 Å². The Morgan fingerprint density at radius 3 is 2.82 bits per heavy atom. The molecule has 2 aromatic rings. The van der Waals surface area contributed by atoms with Crippen molar-refractivity contribution >= 4 is 11.9 Å². The summed E-state index contributed by atoms with van der Waals surface area (Å²) in [5.74, 6) is -0.215. The molecule has 5 rings (SSSR count). The van der Waals surface area contributed by atoms with Gasteiger partial charge < -0.3 is 15.2 Å². The molecule has 33 heavy (non-hydrogen) atoms. The lowest BCUT2D eigenvalue weighted by atomic mass is 9.66. The number of rotatable bonds is 3. The van der Waals surface area contributed by atoms with Gasteiger partial charge in [-0.15, -0.1) is 0 Å². The van der Waals surface area contributed by atoms with E-state index in [0.717, 1.165) is 12.8 Å². The minimum Gasteiger partial charge on any atom is -0.490 e. The van der Waals surface area contributed by atoms with Gasteiger partial charge in [0.1, 0.15) is 17.7 Å². The van der Waals surface area contributed by atoms with Crippen LogP contribution >= 0.6 is 0 Å². The van der Waals surface area contributed by atoms with Crippen LogP contribution in [0.15, 0.2) is 41.4 Å². The molecular weight excluding hydrogens is 423 g/mol. The van der Waals surface area contributed by atoms with Gasteiger partial charge in [-0.25, -0.2) is 9.38 Å². The number of hydrogen-bond donors (Lipinski definition) is 1. The van der Waals surface area contributed by atoms with Crippen LogP contribution in [-0.4, -0.2) is 42.6 Å². The number of benzene rings is 2. The third-order valence-electron chi connectivity index (χ3n) is 6.97. The zero-order valence-electron chi connectivity index (χ0n) is 18.5. The Labute approximate surface area is 191 Å². The van der Waals surface area contributed by atoms with E-state index >= 15 is 0 Å². The van der Waals surface area contributed by atoms with Crippen LogP contribution in [0.4, 0.5) is 4.39 Å². The fourth-order valence-electron chi connectivity index (χ4n) is 5.45. The highest BCUT2D eigenvalue weighted by Gasteiger charge is 2.61. The number of nitriles is 1. The van der Waals surface area contributed by atoms with Crippen molar-refractivity contribution in [3.8, 4) is 22.9 Å². The van der Waals surface area contributed by atoms with Gasteiger partial charge in [-0.2, -0.15) is 5.26 Å². The zero-order chi connectivity index (χ0) is 23.3. The van der Waals surface area contributed by atoms with Gasteiger partial charge in [-0.3, -0.25) is 9.69 Å². The maximum absolute atomic E-state index is 14.1. The Kier molecular flexibility index (Phi) is 5.09. The Morgan fingerprint density at radius 1 is 1.30 bits per heavy atom. The summed E-state index contributed by atoms with van der Waals surface area (Å²) in [6.45, 7) is 2.55. The molecule has 0 saturated heterocycles. The minimum atomic E-state index is -1.23. The highest BCUT2D eigenvalue weighted by molar-refractivity contribution is 6.07. The second kappa shape index (κ2) is 7.85. The molecule has 170 valence electrons. The van der Waals surface area contributed by atoms with Crippen LogP contribution in [0.3, 0.4) is 0 Å². The smallest absolute Gasteiger partial charge is 0.262 e. The Hall–Kier alpha value is -3.44. The van der Waals surface area contributed by atoms with E-state index in [1.807, 2.05) is 25.1 Å². The van der Waals surface area contributed by atoms with E-state index in [1.165, 1.54) is 17.0 Å². The van der Waals surface area contributed by atoms with Crippen molar-refractivity contribution in [1.82, 2.24) is 4.90 Å². The average Bonchev–Trinajstić information content (AvgIpc) is 3.04. The molecule has 0 bridgehead atoms. The molecule has 2 aromatic carbocycles. The van der Waals surface area contributed by atoms with E-state index in [0.29, 0.717) is 35.5 Å². The molecule has 1 fully saturated rings. The first-order valence-corrected chi connectivity index (χ1v) is 11.1. The van der Waals surface area contributed by atoms with Gasteiger partial charge in [0.2, 0.25) is 0 Å². The molecule has 0 aromatic heterocycles. The molecule has 1 aliphatic carbocycles. The number of hydrogen-bond acceptors (Lipinski definition) is 6. The summed E-state index contributed by atoms with van der Waals surface area (Å²) in [6, 6.07) is 11.6. The van der Waals surface area contributed by atoms with E-state index in [1.54, 1.807) is 19.2 Å². The quantitative estimate of drug-likeness (QED) is 0.776. The minimum absolute atomic E-state index is 0.0120. The van der Waals surface area contributed by atoms with Crippen molar-refractivity contribution in [1.29, 1.82) is 5.26 Å². The molecule has 4 atom stereocenters. The van der Waals surface area contributed by atoms with Crippen molar-refractivity contribution in [3.63, 3.8) is 0 Å². The number of nitrogens with zero attached hydrogens (tertiary/aromatic N) is 3. The van der Waals surface area contributed by atoms with Gasteiger partial charge in [0, 0.05) is 25.1 Å². The topological polar surface area (TPSA) is 101 Å². The van der Waals surface area contributed by atoms with Crippen molar-refractivity contribution in [3.05, 3.63) is 53.3 Å². The summed E-state index contributed by atoms with van der Waals surface area (Å²) in [7, 11) is 1.62. The fourth-order valence-corrected chi connectivity index (χ4v) is 5.45. The zero-order valence-corrected chi connectivity index (χ0v) is 18.5. The van der Waals surface area contributed by atoms with Crippen LogP contribution in [-0.2, 0) is 15.1 Å². The molecule has 3 unspecified atom stereocenters. The van der Waals surface area contributed by atoms with Crippen LogP contribution in [0.5, 0.6) is 5.75 Å². The predicted molar refractivity (Wildman–Crippen MR) is 120 cm³/mol. The number of carbonyl (C=O) groups excluding carboxylic acids is 1. The molecule has 2 heterocycles. The van der Waals surface area contributed by atoms with E-state index in [4.69, 9.17) is 20.2 Å². The molecule has 3 aliphatic rings. The monoisotopic (exact) mass is 448 g/mol. The van der Waals surface area contributed by atoms with Crippen LogP contribution in [0.2, 0.25) is 0 Å². The number of halogens is 1. The van der Waals surface area contributed by atoms with Gasteiger partial charge in [0.25, 0.3) is 5.91 Å². The molecule has 1 saturated carbocycles. The first kappa shape index (κ1) is 21.4. The van der Waals surface area contributed by atoms with Gasteiger partial charge in [0.05, 0.1) is 17.7 Å². The number of amides is 1. The SMILES string of the molecule is CCOC1CCC2Oc3ccc(-c4cc(F)cc(C#N)c4)cc3C3(N=C(N)N(C)C3=O)[C@H]2C1. The average molecular weight is 448 g/mol. The summed E-state index contributed by atoms with van der Waals surface area (Å²) in [5, 5.41) is 9.25. The maximum Gasteiger partial charge on any atom is 0.262 e. The van der Waals surface area contributed by atoms with Crippen molar-refractivity contribution < 1.29 is 18.7 Å². The van der Waals surface area contributed by atoms with Crippen molar-refractivity contribution in [2.45, 2.75) is 43.9 Å². The highest BCUT2D eigenvalue weighted by atomic mass is 19.1. The lowest BCUT2D eigenvalue weighted by Gasteiger charge is -2.47. The number of aliphatic imine (C=N–C) groups is 1. The molecule has 1 amide bonds. The summed E-state index contributed by atoms with van der Waals surface area (Å²) >= 11 is 0. The van der Waals surface area contributed by atoms with Crippen LogP contribution in [0.1, 0.15) is 37.3 Å². The normalized spacial score (nSPS) is 28.1. The summed E-state index contributed by atoms with van der Waals surface area (Å²) < 4.78 is 26.4. The summed E-state index contributed by atoms with van der Waals surface area (Å²) in [5.41, 5.74) is 6.96. The number of guanidine groups is 1.